The minimum absolute atomic E-state index is 0.129. The predicted molar refractivity (Wildman–Crippen MR) is 48.7 cm³/mol. The largest absolute Gasteiger partial charge is 0.118 e. The Labute approximate surface area is 73.2 Å². The maximum Gasteiger partial charge on any atom is 0.0608 e. The third-order valence-electron chi connectivity index (χ3n) is 1.65. The second kappa shape index (κ2) is 3.77. The molecule has 0 N–H and O–H groups in total. The van der Waals surface area contributed by atoms with Crippen LogP contribution < -0.4 is 0 Å². The summed E-state index contributed by atoms with van der Waals surface area (Å²) in [6.07, 6.45) is 0. The molecular formula is C10H12Cl. The first-order chi connectivity index (χ1) is 5.22. The van der Waals surface area contributed by atoms with E-state index in [2.05, 4.69) is 19.9 Å². The van der Waals surface area contributed by atoms with Gasteiger partial charge >= 0.3 is 0 Å². The topological polar surface area (TPSA) is 0 Å². The Balaban J connectivity index is 2.77. The van der Waals surface area contributed by atoms with E-state index in [1.165, 1.54) is 5.56 Å². The molecule has 0 saturated heterocycles. The number of alkyl halides is 1. The third kappa shape index (κ3) is 2.23. The first-order valence-corrected chi connectivity index (χ1v) is 4.25. The highest BCUT2D eigenvalue weighted by molar-refractivity contribution is 6.20. The maximum atomic E-state index is 6.13. The maximum absolute atomic E-state index is 6.13. The number of benzene rings is 1. The lowest BCUT2D eigenvalue weighted by Crippen LogP contribution is -1.98. The highest BCUT2D eigenvalue weighted by atomic mass is 35.5. The second-order valence-electron chi connectivity index (χ2n) is 2.98. The van der Waals surface area contributed by atoms with Crippen molar-refractivity contribution in [1.29, 1.82) is 0 Å². The van der Waals surface area contributed by atoms with Gasteiger partial charge in [0.2, 0.25) is 0 Å². The number of hydrogen-bond acceptors (Lipinski definition) is 0. The first kappa shape index (κ1) is 8.61. The molecule has 1 rings (SSSR count). The van der Waals surface area contributed by atoms with Gasteiger partial charge in [0.1, 0.15) is 0 Å². The number of hydrogen-bond donors (Lipinski definition) is 0. The Morgan fingerprint density at radius 1 is 1.27 bits per heavy atom. The minimum atomic E-state index is 0.129. The number of halogens is 1. The van der Waals surface area contributed by atoms with E-state index in [0.717, 1.165) is 0 Å². The van der Waals surface area contributed by atoms with Crippen LogP contribution in [0.4, 0.5) is 0 Å². The highest BCUT2D eigenvalue weighted by Gasteiger charge is 2.10. The van der Waals surface area contributed by atoms with Gasteiger partial charge in [-0.15, -0.1) is 11.6 Å². The Bertz CT molecular complexity index is 203. The predicted octanol–water partition coefficient (Wildman–Crippen LogP) is 3.42. The lowest BCUT2D eigenvalue weighted by Gasteiger charge is -2.12. The third-order valence-corrected chi connectivity index (χ3v) is 2.40. The average molecular weight is 168 g/mol. The molecule has 1 heteroatoms. The summed E-state index contributed by atoms with van der Waals surface area (Å²) in [5, 5.41) is 0.129. The molecule has 0 saturated carbocycles. The summed E-state index contributed by atoms with van der Waals surface area (Å²) < 4.78 is 0. The summed E-state index contributed by atoms with van der Waals surface area (Å²) in [5.41, 5.74) is 1.18. The first-order valence-electron chi connectivity index (χ1n) is 3.82. The van der Waals surface area contributed by atoms with Gasteiger partial charge in [-0.2, -0.15) is 0 Å². The van der Waals surface area contributed by atoms with Crippen molar-refractivity contribution >= 4 is 11.6 Å². The zero-order valence-electron chi connectivity index (χ0n) is 6.84. The summed E-state index contributed by atoms with van der Waals surface area (Å²) in [5.74, 6) is 0.485. The fourth-order valence-corrected chi connectivity index (χ4v) is 1.11. The van der Waals surface area contributed by atoms with Crippen molar-refractivity contribution in [3.8, 4) is 0 Å². The van der Waals surface area contributed by atoms with Crippen LogP contribution in [0.5, 0.6) is 0 Å². The zero-order valence-corrected chi connectivity index (χ0v) is 7.60. The SMILES string of the molecule is CC(C)C(Cl)c1cc[c]cc1. The van der Waals surface area contributed by atoms with Crippen molar-refractivity contribution in [3.63, 3.8) is 0 Å². The quantitative estimate of drug-likeness (QED) is 0.593. The minimum Gasteiger partial charge on any atom is -0.118 e. The van der Waals surface area contributed by atoms with E-state index in [1.54, 1.807) is 0 Å². The summed E-state index contributed by atoms with van der Waals surface area (Å²) >= 11 is 6.13. The van der Waals surface area contributed by atoms with E-state index in [9.17, 15) is 0 Å². The van der Waals surface area contributed by atoms with Crippen LogP contribution in [-0.4, -0.2) is 0 Å². The van der Waals surface area contributed by atoms with Crippen molar-refractivity contribution in [2.75, 3.05) is 0 Å². The van der Waals surface area contributed by atoms with E-state index in [4.69, 9.17) is 11.6 Å². The van der Waals surface area contributed by atoms with Crippen LogP contribution in [-0.2, 0) is 0 Å². The van der Waals surface area contributed by atoms with Crippen molar-refractivity contribution < 1.29 is 0 Å². The highest BCUT2D eigenvalue weighted by Crippen LogP contribution is 2.27. The molecule has 1 atom stereocenters. The molecule has 0 aliphatic heterocycles. The molecule has 0 amide bonds. The molecule has 0 heterocycles. The standard InChI is InChI=1S/C10H12Cl/c1-8(2)10(11)9-6-4-3-5-7-9/h4-8,10H,1-2H3. The summed E-state index contributed by atoms with van der Waals surface area (Å²) in [6, 6.07) is 10.8. The molecule has 11 heavy (non-hydrogen) atoms. The van der Waals surface area contributed by atoms with E-state index in [-0.39, 0.29) is 5.38 Å². The molecule has 1 aromatic rings. The van der Waals surface area contributed by atoms with Gasteiger partial charge in [-0.25, -0.2) is 0 Å². The molecule has 1 radical (unpaired) electrons. The molecular weight excluding hydrogens is 156 g/mol. The van der Waals surface area contributed by atoms with Crippen LogP contribution >= 0.6 is 11.6 Å². The van der Waals surface area contributed by atoms with Gasteiger partial charge < -0.3 is 0 Å². The average Bonchev–Trinajstić information content (AvgIpc) is 2.05. The van der Waals surface area contributed by atoms with Gasteiger partial charge in [-0.05, 0) is 17.5 Å². The van der Waals surface area contributed by atoms with Gasteiger partial charge in [0, 0.05) is 0 Å². The van der Waals surface area contributed by atoms with Crippen LogP contribution in [0, 0.1) is 12.0 Å². The lowest BCUT2D eigenvalue weighted by atomic mass is 10.0. The van der Waals surface area contributed by atoms with Crippen molar-refractivity contribution in [2.24, 2.45) is 5.92 Å². The lowest BCUT2D eigenvalue weighted by molar-refractivity contribution is 0.624. The van der Waals surface area contributed by atoms with E-state index < -0.39 is 0 Å². The van der Waals surface area contributed by atoms with Gasteiger partial charge in [-0.1, -0.05) is 38.1 Å². The van der Waals surface area contributed by atoms with Crippen molar-refractivity contribution in [1.82, 2.24) is 0 Å². The van der Waals surface area contributed by atoms with Gasteiger partial charge in [0.15, 0.2) is 0 Å². The molecule has 1 unspecified atom stereocenters. The Morgan fingerprint density at radius 2 is 1.82 bits per heavy atom. The Hall–Kier alpha value is -0.490. The molecule has 0 aliphatic rings. The Kier molecular flexibility index (Phi) is 2.95. The van der Waals surface area contributed by atoms with Crippen LogP contribution in [0.25, 0.3) is 0 Å². The smallest absolute Gasteiger partial charge is 0.0608 e. The molecule has 1 aromatic carbocycles. The van der Waals surface area contributed by atoms with Crippen molar-refractivity contribution in [2.45, 2.75) is 19.2 Å². The molecule has 0 bridgehead atoms. The van der Waals surface area contributed by atoms with Crippen LogP contribution in [0.1, 0.15) is 24.8 Å². The molecule has 0 aromatic heterocycles. The van der Waals surface area contributed by atoms with Gasteiger partial charge in [-0.3, -0.25) is 0 Å². The summed E-state index contributed by atoms with van der Waals surface area (Å²) in [7, 11) is 0. The number of rotatable bonds is 2. The normalized spacial score (nSPS) is 13.5. The summed E-state index contributed by atoms with van der Waals surface area (Å²) in [6.45, 7) is 4.24. The molecule has 59 valence electrons. The zero-order chi connectivity index (χ0) is 8.27. The molecule has 0 nitrogen and oxygen atoms in total. The molecule has 0 spiro atoms. The van der Waals surface area contributed by atoms with Gasteiger partial charge in [0.05, 0.1) is 5.38 Å². The molecule has 0 fully saturated rings. The van der Waals surface area contributed by atoms with Crippen molar-refractivity contribution in [3.05, 3.63) is 35.9 Å². The fourth-order valence-electron chi connectivity index (χ4n) is 0.969. The van der Waals surface area contributed by atoms with E-state index in [0.29, 0.717) is 5.92 Å². The van der Waals surface area contributed by atoms with Gasteiger partial charge in [0.25, 0.3) is 0 Å². The fraction of sp³-hybridized carbons (Fsp3) is 0.400. The van der Waals surface area contributed by atoms with Crippen LogP contribution in [0.2, 0.25) is 0 Å². The van der Waals surface area contributed by atoms with Crippen LogP contribution in [0.15, 0.2) is 24.3 Å². The van der Waals surface area contributed by atoms with E-state index in [1.807, 2.05) is 24.3 Å². The molecule has 0 aliphatic carbocycles. The Morgan fingerprint density at radius 3 is 2.27 bits per heavy atom. The summed E-state index contributed by atoms with van der Waals surface area (Å²) in [4.78, 5) is 0. The second-order valence-corrected chi connectivity index (χ2v) is 3.45. The monoisotopic (exact) mass is 167 g/mol. The van der Waals surface area contributed by atoms with E-state index >= 15 is 0 Å². The van der Waals surface area contributed by atoms with Crippen LogP contribution in [0.3, 0.4) is 0 Å².